The van der Waals surface area contributed by atoms with Crippen LogP contribution in [-0.2, 0) is 0 Å². The Morgan fingerprint density at radius 2 is 1.80 bits per heavy atom. The molecule has 15 heavy (non-hydrogen) atoms. The quantitative estimate of drug-likeness (QED) is 0.597. The van der Waals surface area contributed by atoms with Crippen molar-refractivity contribution >= 4 is 8.07 Å². The molecule has 1 unspecified atom stereocenters. The van der Waals surface area contributed by atoms with E-state index in [1.165, 1.54) is 0 Å². The van der Waals surface area contributed by atoms with Crippen LogP contribution in [-0.4, -0.2) is 13.2 Å². The summed E-state index contributed by atoms with van der Waals surface area (Å²) in [6.45, 7) is 6.82. The highest BCUT2D eigenvalue weighted by molar-refractivity contribution is 6.76. The lowest BCUT2D eigenvalue weighted by Gasteiger charge is -2.10. The summed E-state index contributed by atoms with van der Waals surface area (Å²) in [5.74, 6) is 5.98. The summed E-state index contributed by atoms with van der Waals surface area (Å²) in [6.07, 6.45) is -0.637. The van der Waals surface area contributed by atoms with Gasteiger partial charge in [-0.25, -0.2) is 0 Å². The van der Waals surface area contributed by atoms with E-state index in [0.717, 1.165) is 11.6 Å². The van der Waals surface area contributed by atoms with Crippen molar-refractivity contribution in [3.63, 3.8) is 0 Å². The minimum absolute atomic E-state index is 0.637. The van der Waals surface area contributed by atoms with Crippen molar-refractivity contribution < 1.29 is 5.11 Å². The van der Waals surface area contributed by atoms with Crippen LogP contribution in [0.1, 0.15) is 11.7 Å². The Kier molecular flexibility index (Phi) is 4.13. The van der Waals surface area contributed by atoms with Crippen molar-refractivity contribution in [1.82, 2.24) is 0 Å². The number of hydrogen-bond acceptors (Lipinski definition) is 1. The van der Waals surface area contributed by atoms with E-state index in [0.29, 0.717) is 0 Å². The first-order chi connectivity index (χ1) is 6.99. The summed E-state index contributed by atoms with van der Waals surface area (Å²) >= 11 is 0. The largest absolute Gasteiger partial charge is 0.376 e. The average molecular weight is 218 g/mol. The topological polar surface area (TPSA) is 20.2 Å². The van der Waals surface area contributed by atoms with E-state index in [4.69, 9.17) is 0 Å². The molecule has 0 aliphatic carbocycles. The fourth-order valence-electron chi connectivity index (χ4n) is 1.13. The molecule has 0 amide bonds. The molecule has 1 N–H and O–H groups in total. The number of hydrogen-bond donors (Lipinski definition) is 1. The summed E-state index contributed by atoms with van der Waals surface area (Å²) < 4.78 is 0. The summed E-state index contributed by atoms with van der Waals surface area (Å²) in [6, 6.07) is 10.5. The zero-order valence-corrected chi connectivity index (χ0v) is 10.6. The predicted octanol–water partition coefficient (Wildman–Crippen LogP) is 3.06. The van der Waals surface area contributed by atoms with Crippen molar-refractivity contribution in [2.24, 2.45) is 0 Å². The molecule has 1 aromatic rings. The Labute approximate surface area is 93.2 Å². The first-order valence-corrected chi connectivity index (χ1v) is 8.91. The van der Waals surface area contributed by atoms with E-state index >= 15 is 0 Å². The van der Waals surface area contributed by atoms with Crippen molar-refractivity contribution in [3.8, 4) is 11.8 Å². The smallest absolute Gasteiger partial charge is 0.140 e. The first kappa shape index (κ1) is 12.0. The van der Waals surface area contributed by atoms with Crippen LogP contribution in [0.2, 0.25) is 25.7 Å². The van der Waals surface area contributed by atoms with E-state index in [1.807, 2.05) is 30.3 Å². The summed E-state index contributed by atoms with van der Waals surface area (Å²) in [5.41, 5.74) is 0.876. The van der Waals surface area contributed by atoms with E-state index in [2.05, 4.69) is 31.5 Å². The van der Waals surface area contributed by atoms with Crippen molar-refractivity contribution in [2.75, 3.05) is 0 Å². The molecular weight excluding hydrogens is 200 g/mol. The highest BCUT2D eigenvalue weighted by atomic mass is 28.3. The molecule has 0 fully saturated rings. The molecule has 2 heteroatoms. The molecule has 0 spiro atoms. The van der Waals surface area contributed by atoms with Gasteiger partial charge in [0.2, 0.25) is 0 Å². The molecule has 0 saturated heterocycles. The molecule has 0 aliphatic heterocycles. The molecule has 0 aromatic heterocycles. The lowest BCUT2D eigenvalue weighted by Crippen LogP contribution is -2.17. The summed E-state index contributed by atoms with van der Waals surface area (Å²) in [7, 11) is -1.11. The average Bonchev–Trinajstić information content (AvgIpc) is 2.17. The van der Waals surface area contributed by atoms with E-state index in [9.17, 15) is 5.11 Å². The lowest BCUT2D eigenvalue weighted by molar-refractivity contribution is 0.238. The normalized spacial score (nSPS) is 12.8. The van der Waals surface area contributed by atoms with Crippen LogP contribution in [0.25, 0.3) is 0 Å². The second-order valence-electron chi connectivity index (χ2n) is 4.87. The van der Waals surface area contributed by atoms with Gasteiger partial charge in [-0.2, -0.15) is 0 Å². The first-order valence-electron chi connectivity index (χ1n) is 5.20. The summed E-state index contributed by atoms with van der Waals surface area (Å²) in [4.78, 5) is 0. The number of benzene rings is 1. The third-order valence-corrected chi connectivity index (χ3v) is 3.21. The van der Waals surface area contributed by atoms with Gasteiger partial charge < -0.3 is 5.11 Å². The van der Waals surface area contributed by atoms with Crippen LogP contribution in [0.5, 0.6) is 0 Å². The second-order valence-corrected chi connectivity index (χ2v) is 10.3. The standard InChI is InChI=1S/C13H18OSi/c1-15(2,3)11-7-10-13(14)12-8-5-4-6-9-12/h4-6,8-9,13-14H,11H2,1-3H3. The van der Waals surface area contributed by atoms with Gasteiger partial charge in [0.05, 0.1) is 8.07 Å². The maximum Gasteiger partial charge on any atom is 0.140 e. The van der Waals surface area contributed by atoms with Gasteiger partial charge in [-0.1, -0.05) is 55.9 Å². The van der Waals surface area contributed by atoms with Crippen LogP contribution in [0.15, 0.2) is 30.3 Å². The Balaban J connectivity index is 2.60. The molecule has 0 saturated carbocycles. The molecule has 1 nitrogen and oxygen atoms in total. The van der Waals surface area contributed by atoms with Gasteiger partial charge in [0.15, 0.2) is 0 Å². The maximum atomic E-state index is 9.76. The van der Waals surface area contributed by atoms with E-state index in [1.54, 1.807) is 0 Å². The van der Waals surface area contributed by atoms with Gasteiger partial charge in [-0.15, -0.1) is 5.92 Å². The second kappa shape index (κ2) is 5.15. The molecule has 1 aromatic carbocycles. The third kappa shape index (κ3) is 4.82. The predicted molar refractivity (Wildman–Crippen MR) is 67.3 cm³/mol. The maximum absolute atomic E-state index is 9.76. The van der Waals surface area contributed by atoms with Gasteiger partial charge in [-0.3, -0.25) is 0 Å². The Morgan fingerprint density at radius 3 is 2.33 bits per heavy atom. The Morgan fingerprint density at radius 1 is 1.20 bits per heavy atom. The molecular formula is C13H18OSi. The molecule has 0 bridgehead atoms. The van der Waals surface area contributed by atoms with Crippen LogP contribution < -0.4 is 0 Å². The SMILES string of the molecule is C[Si](C)(C)CC#CC(O)c1ccccc1. The fourth-order valence-corrected chi connectivity index (χ4v) is 1.76. The van der Waals surface area contributed by atoms with Gasteiger partial charge in [0.25, 0.3) is 0 Å². The zero-order valence-electron chi connectivity index (χ0n) is 9.62. The fraction of sp³-hybridized carbons (Fsp3) is 0.385. The molecule has 0 radical (unpaired) electrons. The summed E-state index contributed by atoms with van der Waals surface area (Å²) in [5, 5.41) is 9.76. The highest BCUT2D eigenvalue weighted by Gasteiger charge is 2.10. The minimum atomic E-state index is -1.11. The number of aliphatic hydroxyl groups is 1. The van der Waals surface area contributed by atoms with E-state index in [-0.39, 0.29) is 0 Å². The highest BCUT2D eigenvalue weighted by Crippen LogP contribution is 2.11. The lowest BCUT2D eigenvalue weighted by atomic mass is 10.1. The number of aliphatic hydroxyl groups excluding tert-OH is 1. The van der Waals surface area contributed by atoms with Crippen LogP contribution in [0.3, 0.4) is 0 Å². The van der Waals surface area contributed by atoms with Gasteiger partial charge in [0.1, 0.15) is 6.10 Å². The molecule has 1 rings (SSSR count). The molecule has 0 heterocycles. The molecule has 1 atom stereocenters. The van der Waals surface area contributed by atoms with Gasteiger partial charge >= 0.3 is 0 Å². The van der Waals surface area contributed by atoms with Gasteiger partial charge in [-0.05, 0) is 5.56 Å². The van der Waals surface area contributed by atoms with Crippen LogP contribution >= 0.6 is 0 Å². The molecule has 0 aliphatic rings. The minimum Gasteiger partial charge on any atom is -0.376 e. The Hall–Kier alpha value is -1.04. The van der Waals surface area contributed by atoms with Gasteiger partial charge in [0, 0.05) is 6.04 Å². The third-order valence-electron chi connectivity index (χ3n) is 1.97. The van der Waals surface area contributed by atoms with Crippen molar-refractivity contribution in [3.05, 3.63) is 35.9 Å². The Bertz CT molecular complexity index is 354. The van der Waals surface area contributed by atoms with Crippen LogP contribution in [0.4, 0.5) is 0 Å². The van der Waals surface area contributed by atoms with E-state index < -0.39 is 14.2 Å². The van der Waals surface area contributed by atoms with Crippen molar-refractivity contribution in [2.45, 2.75) is 31.8 Å². The molecule has 80 valence electrons. The van der Waals surface area contributed by atoms with Crippen molar-refractivity contribution in [1.29, 1.82) is 0 Å². The number of rotatable bonds is 2. The van der Waals surface area contributed by atoms with Crippen LogP contribution in [0, 0.1) is 11.8 Å². The zero-order chi connectivity index (χ0) is 11.3. The monoisotopic (exact) mass is 218 g/mol.